The fourth-order valence-corrected chi connectivity index (χ4v) is 1.50. The maximum atomic E-state index is 11.2. The van der Waals surface area contributed by atoms with E-state index in [1.165, 1.54) is 0 Å². The first kappa shape index (κ1) is 12.7. The van der Waals surface area contributed by atoms with E-state index in [-0.39, 0.29) is 5.91 Å². The van der Waals surface area contributed by atoms with E-state index >= 15 is 0 Å². The van der Waals surface area contributed by atoms with Gasteiger partial charge in [-0.3, -0.25) is 4.79 Å². The van der Waals surface area contributed by atoms with Crippen LogP contribution in [0.25, 0.3) is 0 Å². The first-order chi connectivity index (χ1) is 7.77. The average Bonchev–Trinajstić information content (AvgIpc) is 2.67. The predicted octanol–water partition coefficient (Wildman–Crippen LogP) is 0.519. The minimum atomic E-state index is 0.0315. The number of aromatic nitrogens is 2. The van der Waals surface area contributed by atoms with Gasteiger partial charge in [-0.1, -0.05) is 6.92 Å². The lowest BCUT2D eigenvalue weighted by Gasteiger charge is -2.07. The topological polar surface area (TPSA) is 59.0 Å². The van der Waals surface area contributed by atoms with Crippen LogP contribution in [0, 0.1) is 0 Å². The Balaban J connectivity index is 2.31. The second-order valence-electron chi connectivity index (χ2n) is 3.64. The van der Waals surface area contributed by atoms with E-state index in [0.717, 1.165) is 18.7 Å². The van der Waals surface area contributed by atoms with E-state index in [1.807, 2.05) is 19.4 Å². The van der Waals surface area contributed by atoms with Gasteiger partial charge in [0, 0.05) is 25.8 Å². The summed E-state index contributed by atoms with van der Waals surface area (Å²) in [7, 11) is 0. The molecule has 1 aromatic heterocycles. The van der Waals surface area contributed by atoms with E-state index < -0.39 is 0 Å². The number of carbonyl (C=O) groups excluding carboxylic acids is 1. The molecular formula is C11H20N4O. The summed E-state index contributed by atoms with van der Waals surface area (Å²) in [5.74, 6) is 0.0315. The van der Waals surface area contributed by atoms with Crippen molar-refractivity contribution in [2.75, 3.05) is 13.1 Å². The average molecular weight is 224 g/mol. The number of amides is 1. The molecule has 0 radical (unpaired) electrons. The number of nitrogens with one attached hydrogen (secondary N) is 2. The molecular weight excluding hydrogens is 204 g/mol. The van der Waals surface area contributed by atoms with E-state index in [9.17, 15) is 4.79 Å². The van der Waals surface area contributed by atoms with Crippen molar-refractivity contribution in [3.8, 4) is 0 Å². The lowest BCUT2D eigenvalue weighted by Crippen LogP contribution is -2.33. The predicted molar refractivity (Wildman–Crippen MR) is 62.9 cm³/mol. The van der Waals surface area contributed by atoms with Crippen LogP contribution in [0.4, 0.5) is 0 Å². The molecule has 5 heteroatoms. The molecule has 1 rings (SSSR count). The zero-order valence-electron chi connectivity index (χ0n) is 9.99. The van der Waals surface area contributed by atoms with Gasteiger partial charge in [-0.05, 0) is 13.3 Å². The monoisotopic (exact) mass is 224 g/mol. The molecule has 0 aliphatic rings. The fourth-order valence-electron chi connectivity index (χ4n) is 1.50. The Bertz CT molecular complexity index is 322. The summed E-state index contributed by atoms with van der Waals surface area (Å²) in [6.45, 7) is 6.72. The third-order valence-corrected chi connectivity index (χ3v) is 2.23. The van der Waals surface area contributed by atoms with E-state index in [0.29, 0.717) is 19.6 Å². The van der Waals surface area contributed by atoms with Crippen LogP contribution in [0.15, 0.2) is 12.5 Å². The van der Waals surface area contributed by atoms with Gasteiger partial charge >= 0.3 is 0 Å². The first-order valence-corrected chi connectivity index (χ1v) is 5.74. The van der Waals surface area contributed by atoms with Gasteiger partial charge in [0.1, 0.15) is 0 Å². The highest BCUT2D eigenvalue weighted by Gasteiger charge is 2.02. The van der Waals surface area contributed by atoms with Crippen molar-refractivity contribution < 1.29 is 4.79 Å². The number of rotatable bonds is 7. The number of hydrogen-bond acceptors (Lipinski definition) is 3. The normalized spacial score (nSPS) is 10.4. The quantitative estimate of drug-likeness (QED) is 0.710. The van der Waals surface area contributed by atoms with Crippen LogP contribution >= 0.6 is 0 Å². The van der Waals surface area contributed by atoms with Crippen molar-refractivity contribution in [3.63, 3.8) is 0 Å². The summed E-state index contributed by atoms with van der Waals surface area (Å²) in [6, 6.07) is 0. The van der Waals surface area contributed by atoms with Crippen LogP contribution in [0.1, 0.15) is 26.0 Å². The van der Waals surface area contributed by atoms with Crippen molar-refractivity contribution in [1.82, 2.24) is 20.2 Å². The van der Waals surface area contributed by atoms with Crippen molar-refractivity contribution in [2.24, 2.45) is 0 Å². The molecule has 0 unspecified atom stereocenters. The van der Waals surface area contributed by atoms with E-state index in [2.05, 4.69) is 27.1 Å². The Morgan fingerprint density at radius 2 is 2.31 bits per heavy atom. The second-order valence-corrected chi connectivity index (χ2v) is 3.64. The summed E-state index contributed by atoms with van der Waals surface area (Å²) in [6.07, 6.45) is 4.74. The molecule has 1 heterocycles. The minimum Gasteiger partial charge on any atom is -0.355 e. The van der Waals surface area contributed by atoms with Gasteiger partial charge in [-0.15, -0.1) is 0 Å². The van der Waals surface area contributed by atoms with Gasteiger partial charge in [-0.2, -0.15) is 0 Å². The molecule has 2 N–H and O–H groups in total. The minimum absolute atomic E-state index is 0.0315. The molecule has 16 heavy (non-hydrogen) atoms. The third kappa shape index (κ3) is 4.02. The lowest BCUT2D eigenvalue weighted by atomic mass is 10.4. The van der Waals surface area contributed by atoms with Crippen LogP contribution in [-0.4, -0.2) is 28.5 Å². The highest BCUT2D eigenvalue weighted by Crippen LogP contribution is 1.99. The summed E-state index contributed by atoms with van der Waals surface area (Å²) in [5, 5.41) is 5.84. The zero-order valence-corrected chi connectivity index (χ0v) is 9.99. The molecule has 1 aromatic rings. The molecule has 0 aliphatic heterocycles. The summed E-state index contributed by atoms with van der Waals surface area (Å²) >= 11 is 0. The standard InChI is InChI=1S/C11H20N4O/c1-3-5-15-9-13-7-10(15)6-12-8-11(16)14-4-2/h7,9,12H,3-6,8H2,1-2H3,(H,14,16). The van der Waals surface area contributed by atoms with Crippen molar-refractivity contribution in [2.45, 2.75) is 33.4 Å². The maximum absolute atomic E-state index is 11.2. The Labute approximate surface area is 96.3 Å². The SMILES string of the molecule is CCCn1cncc1CNCC(=O)NCC. The molecule has 5 nitrogen and oxygen atoms in total. The van der Waals surface area contributed by atoms with E-state index in [4.69, 9.17) is 0 Å². The molecule has 1 amide bonds. The molecule has 0 aliphatic carbocycles. The van der Waals surface area contributed by atoms with Gasteiger partial charge in [0.25, 0.3) is 0 Å². The number of hydrogen-bond donors (Lipinski definition) is 2. The molecule has 0 fully saturated rings. The zero-order chi connectivity index (χ0) is 11.8. The third-order valence-electron chi connectivity index (χ3n) is 2.23. The maximum Gasteiger partial charge on any atom is 0.233 e. The molecule has 0 bridgehead atoms. The number of likely N-dealkylation sites (N-methyl/N-ethyl adjacent to an activating group) is 1. The summed E-state index contributed by atoms with van der Waals surface area (Å²) in [5.41, 5.74) is 1.12. The Hall–Kier alpha value is -1.36. The van der Waals surface area contributed by atoms with Crippen molar-refractivity contribution >= 4 is 5.91 Å². The highest BCUT2D eigenvalue weighted by molar-refractivity contribution is 5.77. The van der Waals surface area contributed by atoms with Crippen LogP contribution in [0.3, 0.4) is 0 Å². The molecule has 90 valence electrons. The Morgan fingerprint density at radius 1 is 1.50 bits per heavy atom. The van der Waals surface area contributed by atoms with Crippen LogP contribution in [0.2, 0.25) is 0 Å². The molecule has 0 saturated heterocycles. The summed E-state index contributed by atoms with van der Waals surface area (Å²) < 4.78 is 2.10. The van der Waals surface area contributed by atoms with Gasteiger partial charge in [0.2, 0.25) is 5.91 Å². The van der Waals surface area contributed by atoms with Crippen molar-refractivity contribution in [3.05, 3.63) is 18.2 Å². The van der Waals surface area contributed by atoms with Gasteiger partial charge in [0.05, 0.1) is 18.6 Å². The van der Waals surface area contributed by atoms with Gasteiger partial charge < -0.3 is 15.2 Å². The second kappa shape index (κ2) is 7.00. The number of carbonyl (C=O) groups is 1. The van der Waals surface area contributed by atoms with Crippen LogP contribution in [-0.2, 0) is 17.9 Å². The van der Waals surface area contributed by atoms with Gasteiger partial charge in [-0.25, -0.2) is 4.98 Å². The summed E-state index contributed by atoms with van der Waals surface area (Å²) in [4.78, 5) is 15.3. The Kier molecular flexibility index (Phi) is 5.56. The highest BCUT2D eigenvalue weighted by atomic mass is 16.1. The van der Waals surface area contributed by atoms with Crippen LogP contribution in [0.5, 0.6) is 0 Å². The molecule has 0 atom stereocenters. The Morgan fingerprint density at radius 3 is 3.00 bits per heavy atom. The smallest absolute Gasteiger partial charge is 0.233 e. The number of nitrogens with zero attached hydrogens (tertiary/aromatic N) is 2. The van der Waals surface area contributed by atoms with E-state index in [1.54, 1.807) is 0 Å². The number of imidazole rings is 1. The molecule has 0 aromatic carbocycles. The fraction of sp³-hybridized carbons (Fsp3) is 0.636. The van der Waals surface area contributed by atoms with Gasteiger partial charge in [0.15, 0.2) is 0 Å². The molecule has 0 spiro atoms. The lowest BCUT2D eigenvalue weighted by molar-refractivity contribution is -0.120. The number of aryl methyl sites for hydroxylation is 1. The van der Waals surface area contributed by atoms with Crippen LogP contribution < -0.4 is 10.6 Å². The first-order valence-electron chi connectivity index (χ1n) is 5.74. The molecule has 0 saturated carbocycles. The largest absolute Gasteiger partial charge is 0.355 e. The van der Waals surface area contributed by atoms with Crippen molar-refractivity contribution in [1.29, 1.82) is 0 Å².